The summed E-state index contributed by atoms with van der Waals surface area (Å²) in [4.78, 5) is 21.6. The normalized spacial score (nSPS) is 27.4. The van der Waals surface area contributed by atoms with Crippen molar-refractivity contribution in [2.24, 2.45) is 0 Å². The van der Waals surface area contributed by atoms with E-state index in [1.807, 2.05) is 0 Å². The lowest BCUT2D eigenvalue weighted by atomic mass is 9.88. The smallest absolute Gasteiger partial charge is 0.224 e. The second kappa shape index (κ2) is 6.76. The summed E-state index contributed by atoms with van der Waals surface area (Å²) < 4.78 is 18.8. The summed E-state index contributed by atoms with van der Waals surface area (Å²) in [6.07, 6.45) is 4.93. The van der Waals surface area contributed by atoms with Crippen LogP contribution in [0.25, 0.3) is 0 Å². The number of ether oxygens (including phenoxy) is 1. The molecule has 2 N–H and O–H groups in total. The molecule has 2 aliphatic rings. The fraction of sp³-hybridized carbons (Fsp3) is 0.667. The van der Waals surface area contributed by atoms with E-state index >= 15 is 0 Å². The summed E-state index contributed by atoms with van der Waals surface area (Å²) in [5, 5.41) is 12.1. The van der Waals surface area contributed by atoms with Crippen LogP contribution in [0.1, 0.15) is 25.7 Å². The predicted octanol–water partition coefficient (Wildman–Crippen LogP) is 0.560. The van der Waals surface area contributed by atoms with Crippen molar-refractivity contribution in [3.05, 3.63) is 18.2 Å². The molecule has 3 rings (SSSR count). The Balaban J connectivity index is 1.59. The molecule has 7 nitrogen and oxygen atoms in total. The highest BCUT2D eigenvalue weighted by atomic mass is 19.1. The number of amides is 1. The molecule has 2 atom stereocenters. The summed E-state index contributed by atoms with van der Waals surface area (Å²) in [6, 6.07) is 0.0355. The molecule has 0 bridgehead atoms. The number of aromatic nitrogens is 2. The average molecular weight is 324 g/mol. The number of carbonyl (C=O) groups excluding carboxylic acids is 1. The van der Waals surface area contributed by atoms with Gasteiger partial charge in [-0.05, 0) is 12.8 Å². The van der Waals surface area contributed by atoms with E-state index in [0.29, 0.717) is 25.6 Å². The highest BCUT2D eigenvalue weighted by molar-refractivity contribution is 5.76. The van der Waals surface area contributed by atoms with Crippen molar-refractivity contribution in [3.8, 4) is 0 Å². The van der Waals surface area contributed by atoms with Gasteiger partial charge in [-0.15, -0.1) is 0 Å². The lowest BCUT2D eigenvalue weighted by Crippen LogP contribution is -2.50. The van der Waals surface area contributed by atoms with Gasteiger partial charge in [-0.3, -0.25) is 4.79 Å². The van der Waals surface area contributed by atoms with Gasteiger partial charge < -0.3 is 20.1 Å². The van der Waals surface area contributed by atoms with Crippen LogP contribution in [0, 0.1) is 5.82 Å². The van der Waals surface area contributed by atoms with Crippen LogP contribution in [0.2, 0.25) is 0 Å². The highest BCUT2D eigenvalue weighted by Crippen LogP contribution is 2.35. The van der Waals surface area contributed by atoms with Crippen molar-refractivity contribution < 1.29 is 19.0 Å². The Morgan fingerprint density at radius 1 is 1.52 bits per heavy atom. The number of halogens is 1. The Bertz CT molecular complexity index is 556. The molecule has 1 amide bonds. The molecular weight excluding hydrogens is 303 g/mol. The van der Waals surface area contributed by atoms with Crippen molar-refractivity contribution in [2.45, 2.75) is 37.3 Å². The summed E-state index contributed by atoms with van der Waals surface area (Å²) in [7, 11) is 0. The maximum Gasteiger partial charge on any atom is 0.224 e. The maximum atomic E-state index is 12.8. The molecule has 1 aromatic rings. The fourth-order valence-electron chi connectivity index (χ4n) is 3.36. The fourth-order valence-corrected chi connectivity index (χ4v) is 3.36. The number of aliphatic hydroxyl groups excluding tert-OH is 1. The van der Waals surface area contributed by atoms with Crippen LogP contribution in [0.5, 0.6) is 0 Å². The number of nitrogens with zero attached hydrogens (tertiary/aromatic N) is 3. The van der Waals surface area contributed by atoms with Crippen LogP contribution in [0.15, 0.2) is 12.4 Å². The zero-order valence-corrected chi connectivity index (χ0v) is 12.9. The standard InChI is InChI=1S/C15H21FN4O3/c16-11-7-17-14(18-8-11)19-12-6-15(23-9-12)3-1-4-20(10-15)13(22)2-5-21/h7-8,12,21H,1-6,9-10H2,(H,17,18,19)/t12-,15-/m0/s1. The van der Waals surface area contributed by atoms with E-state index in [-0.39, 0.29) is 30.6 Å². The van der Waals surface area contributed by atoms with Crippen LogP contribution in [0.3, 0.4) is 0 Å². The number of carbonyl (C=O) groups is 1. The first-order valence-corrected chi connectivity index (χ1v) is 7.87. The van der Waals surface area contributed by atoms with Crippen LogP contribution >= 0.6 is 0 Å². The Morgan fingerprint density at radius 3 is 3.04 bits per heavy atom. The van der Waals surface area contributed by atoms with Crippen LogP contribution < -0.4 is 5.32 Å². The molecule has 0 aliphatic carbocycles. The third kappa shape index (κ3) is 3.76. The van der Waals surface area contributed by atoms with Crippen molar-refractivity contribution in [3.63, 3.8) is 0 Å². The van der Waals surface area contributed by atoms with E-state index in [1.165, 1.54) is 0 Å². The predicted molar refractivity (Wildman–Crippen MR) is 80.2 cm³/mol. The van der Waals surface area contributed by atoms with E-state index in [1.54, 1.807) is 4.90 Å². The average Bonchev–Trinajstić information content (AvgIpc) is 2.92. The molecule has 2 saturated heterocycles. The lowest BCUT2D eigenvalue weighted by Gasteiger charge is -2.39. The zero-order chi connectivity index (χ0) is 16.3. The van der Waals surface area contributed by atoms with Gasteiger partial charge in [0.05, 0.1) is 37.3 Å². The maximum absolute atomic E-state index is 12.8. The minimum Gasteiger partial charge on any atom is -0.396 e. The number of hydrogen-bond acceptors (Lipinski definition) is 6. The van der Waals surface area contributed by atoms with Gasteiger partial charge >= 0.3 is 0 Å². The molecule has 2 aliphatic heterocycles. The Morgan fingerprint density at radius 2 is 2.30 bits per heavy atom. The van der Waals surface area contributed by atoms with Gasteiger partial charge in [0.15, 0.2) is 5.82 Å². The van der Waals surface area contributed by atoms with E-state index < -0.39 is 5.82 Å². The topological polar surface area (TPSA) is 87.6 Å². The van der Waals surface area contributed by atoms with Gasteiger partial charge in [0, 0.05) is 25.9 Å². The van der Waals surface area contributed by atoms with Crippen molar-refractivity contribution in [1.82, 2.24) is 14.9 Å². The molecule has 0 aromatic carbocycles. The number of piperidine rings is 1. The van der Waals surface area contributed by atoms with Gasteiger partial charge in [-0.25, -0.2) is 14.4 Å². The number of hydrogen-bond donors (Lipinski definition) is 2. The molecule has 8 heteroatoms. The number of nitrogens with one attached hydrogen (secondary N) is 1. The van der Waals surface area contributed by atoms with Crippen molar-refractivity contribution in [2.75, 3.05) is 31.6 Å². The number of anilines is 1. The molecule has 2 fully saturated rings. The lowest BCUT2D eigenvalue weighted by molar-refractivity contribution is -0.139. The summed E-state index contributed by atoms with van der Waals surface area (Å²) in [5.74, 6) is -0.130. The Hall–Kier alpha value is -1.80. The molecule has 0 unspecified atom stereocenters. The van der Waals surface area contributed by atoms with Crippen molar-refractivity contribution >= 4 is 11.9 Å². The molecule has 1 aromatic heterocycles. The Labute approximate surface area is 133 Å². The van der Waals surface area contributed by atoms with Crippen molar-refractivity contribution in [1.29, 1.82) is 0 Å². The van der Waals surface area contributed by atoms with Gasteiger partial charge in [-0.1, -0.05) is 0 Å². The first-order chi connectivity index (χ1) is 11.1. The van der Waals surface area contributed by atoms with Crippen LogP contribution in [-0.2, 0) is 9.53 Å². The highest BCUT2D eigenvalue weighted by Gasteiger charge is 2.44. The SMILES string of the molecule is O=C(CCO)N1CCC[C@]2(C[C@H](Nc3ncc(F)cn3)CO2)C1. The van der Waals surface area contributed by atoms with Crippen LogP contribution in [0.4, 0.5) is 10.3 Å². The minimum atomic E-state index is -0.472. The number of likely N-dealkylation sites (tertiary alicyclic amines) is 1. The largest absolute Gasteiger partial charge is 0.396 e. The molecule has 126 valence electrons. The van der Waals surface area contributed by atoms with Gasteiger partial charge in [0.1, 0.15) is 0 Å². The second-order valence-electron chi connectivity index (χ2n) is 6.16. The second-order valence-corrected chi connectivity index (χ2v) is 6.16. The first kappa shape index (κ1) is 16.1. The summed E-state index contributed by atoms with van der Waals surface area (Å²) in [6.45, 7) is 1.63. The number of aliphatic hydroxyl groups is 1. The first-order valence-electron chi connectivity index (χ1n) is 7.87. The third-order valence-corrected chi connectivity index (χ3v) is 4.38. The third-order valence-electron chi connectivity index (χ3n) is 4.38. The molecule has 3 heterocycles. The van der Waals surface area contributed by atoms with Gasteiger partial charge in [0.2, 0.25) is 11.9 Å². The van der Waals surface area contributed by atoms with E-state index in [9.17, 15) is 9.18 Å². The van der Waals surface area contributed by atoms with E-state index in [0.717, 1.165) is 31.7 Å². The van der Waals surface area contributed by atoms with Crippen LogP contribution in [-0.4, -0.2) is 63.8 Å². The number of rotatable bonds is 4. The van der Waals surface area contributed by atoms with Gasteiger partial charge in [-0.2, -0.15) is 0 Å². The zero-order valence-electron chi connectivity index (χ0n) is 12.9. The molecule has 1 spiro atoms. The molecule has 0 radical (unpaired) electrons. The monoisotopic (exact) mass is 324 g/mol. The summed E-state index contributed by atoms with van der Waals surface area (Å²) >= 11 is 0. The molecule has 0 saturated carbocycles. The Kier molecular flexibility index (Phi) is 4.72. The molecular formula is C15H21FN4O3. The van der Waals surface area contributed by atoms with E-state index in [4.69, 9.17) is 9.84 Å². The quantitative estimate of drug-likeness (QED) is 0.841. The minimum absolute atomic E-state index is 0.0338. The molecule has 23 heavy (non-hydrogen) atoms. The van der Waals surface area contributed by atoms with E-state index in [2.05, 4.69) is 15.3 Å². The van der Waals surface area contributed by atoms with Gasteiger partial charge in [0.25, 0.3) is 0 Å². The summed E-state index contributed by atoms with van der Waals surface area (Å²) in [5.41, 5.74) is -0.346.